The number of carbonyl (C=O) groups is 2. The molecule has 0 spiro atoms. The highest BCUT2D eigenvalue weighted by Gasteiger charge is 2.41. The normalized spacial score (nSPS) is 28.9. The van der Waals surface area contributed by atoms with Crippen LogP contribution < -0.4 is 4.74 Å². The first-order chi connectivity index (χ1) is 11.8. The minimum atomic E-state index is -1.000. The minimum absolute atomic E-state index is 0.180. The zero-order chi connectivity index (χ0) is 18.1. The lowest BCUT2D eigenvalue weighted by molar-refractivity contribution is -0.132. The molecule has 0 aromatic heterocycles. The van der Waals surface area contributed by atoms with E-state index in [0.717, 1.165) is 0 Å². The second-order valence-corrected chi connectivity index (χ2v) is 9.87. The van der Waals surface area contributed by atoms with Crippen LogP contribution in [0.25, 0.3) is 0 Å². The largest absolute Gasteiger partial charge is 0.478 e. The first kappa shape index (κ1) is 19.4. The van der Waals surface area contributed by atoms with Crippen LogP contribution in [-0.2, 0) is 4.79 Å². The van der Waals surface area contributed by atoms with Crippen LogP contribution in [0, 0.1) is 30.8 Å². The molecule has 0 saturated heterocycles. The average molecular weight is 568 g/mol. The maximum Gasteiger partial charge on any atom is 0.335 e. The average Bonchev–Trinajstić information content (AvgIpc) is 2.49. The number of carboxylic acid groups (broad SMARTS) is 1. The third-order valence-electron chi connectivity index (χ3n) is 5.49. The summed E-state index contributed by atoms with van der Waals surface area (Å²) in [5.41, 5.74) is 0.180. The Labute approximate surface area is 175 Å². The van der Waals surface area contributed by atoms with Gasteiger partial charge >= 0.3 is 11.9 Å². The van der Waals surface area contributed by atoms with Crippen LogP contribution in [0.3, 0.4) is 0 Å². The zero-order valence-corrected chi connectivity index (χ0v) is 18.4. The summed E-state index contributed by atoms with van der Waals surface area (Å²) in [6.07, 6.45) is 9.62. The first-order valence-electron chi connectivity index (χ1n) is 8.72. The molecule has 0 aliphatic heterocycles. The molecule has 4 bridgehead atoms. The second kappa shape index (κ2) is 8.10. The number of ether oxygens (including phenoxy) is 1. The molecular formula is C19H22I2O4. The van der Waals surface area contributed by atoms with Crippen LogP contribution in [0.4, 0.5) is 0 Å². The third kappa shape index (κ3) is 4.87. The number of hydrogen-bond donors (Lipinski definition) is 1. The molecule has 4 saturated carbocycles. The Bertz CT molecular complexity index is 606. The maximum absolute atomic E-state index is 10.8. The van der Waals surface area contributed by atoms with Gasteiger partial charge < -0.3 is 9.84 Å². The molecule has 25 heavy (non-hydrogen) atoms. The standard InChI is InChI=1S/C10H16.C9H6I2O4/c1-7-2-9-4-8(1)5-10(3-7)6-9;1-4(12)15-8-6(10)2-5(9(13)14)3-7(8)11/h7-10H,1-6H2;2-3H,1H3,(H,13,14). The Morgan fingerprint density at radius 1 is 0.920 bits per heavy atom. The van der Waals surface area contributed by atoms with Crippen molar-refractivity contribution in [2.75, 3.05) is 0 Å². The summed E-state index contributed by atoms with van der Waals surface area (Å²) in [6.45, 7) is 1.30. The van der Waals surface area contributed by atoms with E-state index in [9.17, 15) is 9.59 Å². The summed E-state index contributed by atoms with van der Waals surface area (Å²) < 4.78 is 6.17. The molecule has 4 fully saturated rings. The Hall–Kier alpha value is -0.380. The predicted octanol–water partition coefficient (Wildman–Crippen LogP) is 5.35. The number of hydrogen-bond acceptors (Lipinski definition) is 3. The zero-order valence-electron chi connectivity index (χ0n) is 14.1. The van der Waals surface area contributed by atoms with Gasteiger partial charge in [0, 0.05) is 6.92 Å². The summed E-state index contributed by atoms with van der Waals surface area (Å²) in [5.74, 6) is 3.70. The lowest BCUT2D eigenvalue weighted by atomic mass is 9.56. The quantitative estimate of drug-likeness (QED) is 0.297. The number of rotatable bonds is 2. The fraction of sp³-hybridized carbons (Fsp3) is 0.579. The molecule has 0 unspecified atom stereocenters. The van der Waals surface area contributed by atoms with Crippen molar-refractivity contribution in [3.8, 4) is 5.75 Å². The number of carboxylic acids is 1. The molecule has 6 heteroatoms. The molecule has 0 radical (unpaired) electrons. The van der Waals surface area contributed by atoms with Crippen LogP contribution in [-0.4, -0.2) is 17.0 Å². The van der Waals surface area contributed by atoms with Gasteiger partial charge in [-0.3, -0.25) is 4.79 Å². The molecule has 136 valence electrons. The molecule has 1 aromatic carbocycles. The molecule has 5 rings (SSSR count). The Kier molecular flexibility index (Phi) is 6.28. The smallest absolute Gasteiger partial charge is 0.335 e. The van der Waals surface area contributed by atoms with Crippen molar-refractivity contribution in [2.45, 2.75) is 45.4 Å². The van der Waals surface area contributed by atoms with Crippen LogP contribution in [0.5, 0.6) is 5.75 Å². The van der Waals surface area contributed by atoms with Gasteiger partial charge in [-0.25, -0.2) is 4.79 Å². The van der Waals surface area contributed by atoms with E-state index < -0.39 is 11.9 Å². The molecule has 1 N–H and O–H groups in total. The molecule has 0 amide bonds. The Morgan fingerprint density at radius 2 is 1.28 bits per heavy atom. The Balaban J connectivity index is 0.000000155. The van der Waals surface area contributed by atoms with E-state index in [-0.39, 0.29) is 5.56 Å². The van der Waals surface area contributed by atoms with Gasteiger partial charge in [0.2, 0.25) is 0 Å². The molecule has 0 heterocycles. The van der Waals surface area contributed by atoms with Gasteiger partial charge in [0.05, 0.1) is 12.7 Å². The van der Waals surface area contributed by atoms with Gasteiger partial charge in [0.1, 0.15) is 0 Å². The number of esters is 1. The van der Waals surface area contributed by atoms with Crippen molar-refractivity contribution in [3.05, 3.63) is 24.8 Å². The van der Waals surface area contributed by atoms with Gasteiger partial charge in [-0.1, -0.05) is 0 Å². The van der Waals surface area contributed by atoms with E-state index in [1.807, 2.05) is 45.2 Å². The van der Waals surface area contributed by atoms with Crippen molar-refractivity contribution < 1.29 is 19.4 Å². The highest BCUT2D eigenvalue weighted by Crippen LogP contribution is 2.53. The lowest BCUT2D eigenvalue weighted by Gasteiger charge is -2.49. The summed E-state index contributed by atoms with van der Waals surface area (Å²) in [7, 11) is 0. The topological polar surface area (TPSA) is 63.6 Å². The summed E-state index contributed by atoms with van der Waals surface area (Å²) >= 11 is 3.87. The van der Waals surface area contributed by atoms with E-state index in [0.29, 0.717) is 12.9 Å². The van der Waals surface area contributed by atoms with Crippen molar-refractivity contribution in [1.29, 1.82) is 0 Å². The minimum Gasteiger partial charge on any atom is -0.478 e. The Morgan fingerprint density at radius 3 is 1.56 bits per heavy atom. The lowest BCUT2D eigenvalue weighted by Crippen LogP contribution is -2.38. The molecule has 4 nitrogen and oxygen atoms in total. The molecule has 4 aliphatic carbocycles. The maximum atomic E-state index is 10.8. The van der Waals surface area contributed by atoms with Crippen LogP contribution in [0.15, 0.2) is 12.1 Å². The third-order valence-corrected chi connectivity index (χ3v) is 7.09. The number of carbonyl (C=O) groups excluding carboxylic acids is 1. The molecule has 0 atom stereocenters. The van der Waals surface area contributed by atoms with E-state index in [1.165, 1.54) is 42.7 Å². The number of benzene rings is 1. The van der Waals surface area contributed by atoms with Crippen molar-refractivity contribution >= 4 is 57.1 Å². The predicted molar refractivity (Wildman–Crippen MR) is 112 cm³/mol. The number of halogens is 2. The summed E-state index contributed by atoms with van der Waals surface area (Å²) in [5, 5.41) is 8.79. The fourth-order valence-electron chi connectivity index (χ4n) is 4.91. The van der Waals surface area contributed by atoms with Crippen molar-refractivity contribution in [3.63, 3.8) is 0 Å². The number of aromatic carboxylic acids is 1. The highest BCUT2D eigenvalue weighted by molar-refractivity contribution is 14.1. The van der Waals surface area contributed by atoms with Gasteiger partial charge in [-0.05, 0) is 120 Å². The van der Waals surface area contributed by atoms with E-state index >= 15 is 0 Å². The fourth-order valence-corrected chi connectivity index (χ4v) is 6.90. The summed E-state index contributed by atoms with van der Waals surface area (Å²) in [4.78, 5) is 21.5. The van der Waals surface area contributed by atoms with E-state index in [4.69, 9.17) is 9.84 Å². The van der Waals surface area contributed by atoms with Crippen molar-refractivity contribution in [2.24, 2.45) is 23.7 Å². The summed E-state index contributed by atoms with van der Waals surface area (Å²) in [6, 6.07) is 2.92. The van der Waals surface area contributed by atoms with Gasteiger partial charge in [-0.15, -0.1) is 0 Å². The second-order valence-electron chi connectivity index (χ2n) is 7.55. The first-order valence-corrected chi connectivity index (χ1v) is 10.9. The van der Waals surface area contributed by atoms with Crippen molar-refractivity contribution in [1.82, 2.24) is 0 Å². The van der Waals surface area contributed by atoms with Gasteiger partial charge in [0.25, 0.3) is 0 Å². The van der Waals surface area contributed by atoms with Gasteiger partial charge in [0.15, 0.2) is 5.75 Å². The van der Waals surface area contributed by atoms with E-state index in [1.54, 1.807) is 38.5 Å². The molecule has 1 aromatic rings. The van der Waals surface area contributed by atoms with Gasteiger partial charge in [-0.2, -0.15) is 0 Å². The molecular weight excluding hydrogens is 546 g/mol. The van der Waals surface area contributed by atoms with Crippen LogP contribution in [0.2, 0.25) is 0 Å². The monoisotopic (exact) mass is 568 g/mol. The SMILES string of the molecule is C1C2CC3CC1CC(C2)C3.CC(=O)Oc1c(I)cc(C(=O)O)cc1I. The van der Waals surface area contributed by atoms with Crippen LogP contribution >= 0.6 is 45.2 Å². The van der Waals surface area contributed by atoms with Crippen LogP contribution in [0.1, 0.15) is 55.8 Å². The highest BCUT2D eigenvalue weighted by atomic mass is 127. The van der Waals surface area contributed by atoms with E-state index in [2.05, 4.69) is 0 Å². The molecule has 4 aliphatic rings.